The largest absolute Gasteiger partial charge is 0.496 e. The number of fused-ring (bicyclic) bond motifs is 1. The standard InChI is InChI=1S/C9H7BrN2O2/c1-14-9-2-5-7(3-6(9)10)11-12-8(5)4-13/h2-4H,1H3,(H,11,12). The predicted molar refractivity (Wildman–Crippen MR) is 55.7 cm³/mol. The molecule has 1 N–H and O–H groups in total. The van der Waals surface area contributed by atoms with Crippen molar-refractivity contribution >= 4 is 33.1 Å². The van der Waals surface area contributed by atoms with Crippen LogP contribution in [-0.2, 0) is 0 Å². The van der Waals surface area contributed by atoms with Gasteiger partial charge in [-0.2, -0.15) is 5.10 Å². The number of methoxy groups -OCH3 is 1. The quantitative estimate of drug-likeness (QED) is 0.836. The fourth-order valence-corrected chi connectivity index (χ4v) is 1.77. The average molecular weight is 255 g/mol. The lowest BCUT2D eigenvalue weighted by Crippen LogP contribution is -1.85. The highest BCUT2D eigenvalue weighted by molar-refractivity contribution is 9.10. The number of aldehydes is 1. The Bertz CT molecular complexity index is 493. The Morgan fingerprint density at radius 2 is 2.36 bits per heavy atom. The second kappa shape index (κ2) is 3.42. The molecule has 4 nitrogen and oxygen atoms in total. The molecule has 5 heteroatoms. The van der Waals surface area contributed by atoms with Gasteiger partial charge in [-0.1, -0.05) is 0 Å². The number of hydrogen-bond donors (Lipinski definition) is 1. The summed E-state index contributed by atoms with van der Waals surface area (Å²) in [4.78, 5) is 10.6. The van der Waals surface area contributed by atoms with Crippen molar-refractivity contribution in [2.24, 2.45) is 0 Å². The molecule has 0 unspecified atom stereocenters. The lowest BCUT2D eigenvalue weighted by molar-refractivity contribution is 0.112. The molecule has 0 bridgehead atoms. The van der Waals surface area contributed by atoms with E-state index in [1.807, 2.05) is 0 Å². The van der Waals surface area contributed by atoms with Crippen molar-refractivity contribution in [2.45, 2.75) is 0 Å². The molecule has 1 aromatic heterocycles. The molecule has 0 saturated heterocycles. The van der Waals surface area contributed by atoms with Crippen molar-refractivity contribution < 1.29 is 9.53 Å². The third-order valence-electron chi connectivity index (χ3n) is 1.97. The molecule has 0 aliphatic rings. The van der Waals surface area contributed by atoms with E-state index in [-0.39, 0.29) is 0 Å². The van der Waals surface area contributed by atoms with E-state index < -0.39 is 0 Å². The molecule has 1 heterocycles. The van der Waals surface area contributed by atoms with Gasteiger partial charge in [0.15, 0.2) is 6.29 Å². The molecule has 14 heavy (non-hydrogen) atoms. The normalized spacial score (nSPS) is 10.4. The molecular formula is C9H7BrN2O2. The van der Waals surface area contributed by atoms with Gasteiger partial charge in [0.25, 0.3) is 0 Å². The van der Waals surface area contributed by atoms with E-state index in [1.165, 1.54) is 0 Å². The third kappa shape index (κ3) is 1.29. The van der Waals surface area contributed by atoms with Crippen molar-refractivity contribution in [3.05, 3.63) is 22.3 Å². The number of aromatic nitrogens is 2. The van der Waals surface area contributed by atoms with Crippen molar-refractivity contribution in [2.75, 3.05) is 7.11 Å². The average Bonchev–Trinajstić information content (AvgIpc) is 2.58. The maximum atomic E-state index is 10.6. The van der Waals surface area contributed by atoms with E-state index in [2.05, 4.69) is 26.1 Å². The molecule has 0 fully saturated rings. The van der Waals surface area contributed by atoms with E-state index >= 15 is 0 Å². The van der Waals surface area contributed by atoms with Crippen LogP contribution in [0.4, 0.5) is 0 Å². The number of ether oxygens (including phenoxy) is 1. The molecule has 0 spiro atoms. The molecular weight excluding hydrogens is 248 g/mol. The molecule has 0 atom stereocenters. The van der Waals surface area contributed by atoms with E-state index in [1.54, 1.807) is 19.2 Å². The first kappa shape index (κ1) is 9.21. The molecule has 2 aromatic rings. The monoisotopic (exact) mass is 254 g/mol. The zero-order valence-electron chi connectivity index (χ0n) is 7.37. The number of nitrogens with zero attached hydrogens (tertiary/aromatic N) is 1. The number of aromatic amines is 1. The lowest BCUT2D eigenvalue weighted by atomic mass is 10.2. The fourth-order valence-electron chi connectivity index (χ4n) is 1.28. The molecule has 72 valence electrons. The molecule has 0 aliphatic heterocycles. The summed E-state index contributed by atoms with van der Waals surface area (Å²) in [6.07, 6.45) is 0.739. The Morgan fingerprint density at radius 3 is 3.00 bits per heavy atom. The fraction of sp³-hybridized carbons (Fsp3) is 0.111. The van der Waals surface area contributed by atoms with Crippen LogP contribution in [0.5, 0.6) is 5.75 Å². The van der Waals surface area contributed by atoms with Gasteiger partial charge in [-0.15, -0.1) is 0 Å². The van der Waals surface area contributed by atoms with Crippen LogP contribution < -0.4 is 4.74 Å². The number of rotatable bonds is 2. The van der Waals surface area contributed by atoms with Crippen molar-refractivity contribution in [3.63, 3.8) is 0 Å². The maximum Gasteiger partial charge on any atom is 0.168 e. The van der Waals surface area contributed by atoms with Gasteiger partial charge in [0.2, 0.25) is 0 Å². The number of nitrogens with one attached hydrogen (secondary N) is 1. The molecule has 0 radical (unpaired) electrons. The highest BCUT2D eigenvalue weighted by atomic mass is 79.9. The number of benzene rings is 1. The van der Waals surface area contributed by atoms with Crippen LogP contribution in [0.3, 0.4) is 0 Å². The summed E-state index contributed by atoms with van der Waals surface area (Å²) in [6.45, 7) is 0. The van der Waals surface area contributed by atoms with E-state index in [0.717, 1.165) is 21.7 Å². The summed E-state index contributed by atoms with van der Waals surface area (Å²) >= 11 is 3.34. The van der Waals surface area contributed by atoms with Crippen LogP contribution in [0.15, 0.2) is 16.6 Å². The van der Waals surface area contributed by atoms with Crippen LogP contribution in [0.1, 0.15) is 10.5 Å². The topological polar surface area (TPSA) is 55.0 Å². The summed E-state index contributed by atoms with van der Waals surface area (Å²) in [5, 5.41) is 7.40. The number of hydrogen-bond acceptors (Lipinski definition) is 3. The smallest absolute Gasteiger partial charge is 0.168 e. The van der Waals surface area contributed by atoms with Crippen LogP contribution >= 0.6 is 15.9 Å². The Hall–Kier alpha value is -1.36. The van der Waals surface area contributed by atoms with Crippen molar-refractivity contribution in [1.29, 1.82) is 0 Å². The van der Waals surface area contributed by atoms with Crippen molar-refractivity contribution in [3.8, 4) is 5.75 Å². The maximum absolute atomic E-state index is 10.6. The van der Waals surface area contributed by atoms with Crippen molar-refractivity contribution in [1.82, 2.24) is 10.2 Å². The van der Waals surface area contributed by atoms with Gasteiger partial charge < -0.3 is 4.74 Å². The minimum Gasteiger partial charge on any atom is -0.496 e. The first-order chi connectivity index (χ1) is 6.76. The van der Waals surface area contributed by atoms with E-state index in [4.69, 9.17) is 4.74 Å². The SMILES string of the molecule is COc1cc2c(C=O)[nH]nc2cc1Br. The van der Waals surface area contributed by atoms with Gasteiger partial charge in [-0.05, 0) is 28.1 Å². The van der Waals surface area contributed by atoms with Crippen LogP contribution in [0.2, 0.25) is 0 Å². The van der Waals surface area contributed by atoms with Gasteiger partial charge in [-0.25, -0.2) is 0 Å². The Balaban J connectivity index is 2.76. The summed E-state index contributed by atoms with van der Waals surface area (Å²) < 4.78 is 5.93. The van der Waals surface area contributed by atoms with Gasteiger partial charge in [-0.3, -0.25) is 9.89 Å². The Kier molecular flexibility index (Phi) is 2.25. The minimum absolute atomic E-state index is 0.464. The number of halogens is 1. The molecule has 2 rings (SSSR count). The summed E-state index contributed by atoms with van der Waals surface area (Å²) in [6, 6.07) is 3.57. The number of H-pyrrole nitrogens is 1. The summed E-state index contributed by atoms with van der Waals surface area (Å²) in [5.41, 5.74) is 1.20. The van der Waals surface area contributed by atoms with Crippen LogP contribution in [0.25, 0.3) is 10.9 Å². The zero-order chi connectivity index (χ0) is 10.1. The second-order valence-corrected chi connectivity index (χ2v) is 3.61. The first-order valence-electron chi connectivity index (χ1n) is 3.93. The van der Waals surface area contributed by atoms with Gasteiger partial charge >= 0.3 is 0 Å². The molecule has 0 saturated carbocycles. The summed E-state index contributed by atoms with van der Waals surface area (Å²) in [5.74, 6) is 0.682. The summed E-state index contributed by atoms with van der Waals surface area (Å²) in [7, 11) is 1.58. The molecule has 0 aliphatic carbocycles. The molecule has 1 aromatic carbocycles. The third-order valence-corrected chi connectivity index (χ3v) is 2.59. The van der Waals surface area contributed by atoms with Gasteiger partial charge in [0.05, 0.1) is 17.1 Å². The highest BCUT2D eigenvalue weighted by Gasteiger charge is 2.08. The second-order valence-electron chi connectivity index (χ2n) is 2.76. The van der Waals surface area contributed by atoms with Crippen LogP contribution in [-0.4, -0.2) is 23.6 Å². The van der Waals surface area contributed by atoms with Gasteiger partial charge in [0, 0.05) is 5.39 Å². The van der Waals surface area contributed by atoms with E-state index in [9.17, 15) is 4.79 Å². The highest BCUT2D eigenvalue weighted by Crippen LogP contribution is 2.30. The Morgan fingerprint density at radius 1 is 1.57 bits per heavy atom. The molecule has 0 amide bonds. The number of carbonyl (C=O) groups is 1. The van der Waals surface area contributed by atoms with Crippen LogP contribution in [0, 0.1) is 0 Å². The lowest BCUT2D eigenvalue weighted by Gasteiger charge is -2.01. The minimum atomic E-state index is 0.464. The first-order valence-corrected chi connectivity index (χ1v) is 4.72. The Labute approximate surface area is 88.4 Å². The van der Waals surface area contributed by atoms with E-state index in [0.29, 0.717) is 11.4 Å². The predicted octanol–water partition coefficient (Wildman–Crippen LogP) is 2.15. The van der Waals surface area contributed by atoms with Gasteiger partial charge in [0.1, 0.15) is 11.4 Å². The zero-order valence-corrected chi connectivity index (χ0v) is 8.96. The number of carbonyl (C=O) groups excluding carboxylic acids is 1.